The van der Waals surface area contributed by atoms with Crippen molar-refractivity contribution in [2.45, 2.75) is 18.1 Å². The van der Waals surface area contributed by atoms with Crippen LogP contribution in [0.5, 0.6) is 51.7 Å². The predicted octanol–water partition coefficient (Wildman–Crippen LogP) is 1.96. The molecule has 0 fully saturated rings. The van der Waals surface area contributed by atoms with Gasteiger partial charge in [0.1, 0.15) is 40.6 Å². The van der Waals surface area contributed by atoms with E-state index in [9.17, 15) is 46.0 Å². The van der Waals surface area contributed by atoms with Crippen LogP contribution in [0.4, 0.5) is 0 Å². The molecule has 0 spiro atoms. The Morgan fingerprint density at radius 2 is 1.06 bits per heavy atom. The minimum Gasteiger partial charge on any atom is -0.508 e. The van der Waals surface area contributed by atoms with Gasteiger partial charge in [0.15, 0.2) is 23.4 Å². The molecule has 3 atom stereocenters. The van der Waals surface area contributed by atoms with E-state index < -0.39 is 58.4 Å². The number of hydrogen-bond donors (Lipinski definition) is 9. The Bertz CT molecular complexity index is 1140. The minimum absolute atomic E-state index is 0.0104. The van der Waals surface area contributed by atoms with Gasteiger partial charge in [-0.25, -0.2) is 0 Å². The first-order chi connectivity index (χ1) is 14.6. The van der Waals surface area contributed by atoms with Gasteiger partial charge in [0.05, 0.1) is 5.56 Å². The van der Waals surface area contributed by atoms with Crippen LogP contribution in [0.1, 0.15) is 28.7 Å². The van der Waals surface area contributed by atoms with Crippen molar-refractivity contribution in [3.63, 3.8) is 0 Å². The minimum atomic E-state index is -1.62. The Kier molecular flexibility index (Phi) is 4.51. The van der Waals surface area contributed by atoms with E-state index in [2.05, 4.69) is 0 Å². The predicted molar refractivity (Wildman–Crippen MR) is 104 cm³/mol. The number of aliphatic hydroxyl groups excluding tert-OH is 1. The van der Waals surface area contributed by atoms with Crippen molar-refractivity contribution < 1.29 is 50.7 Å². The molecule has 31 heavy (non-hydrogen) atoms. The highest BCUT2D eigenvalue weighted by atomic mass is 16.5. The van der Waals surface area contributed by atoms with Crippen LogP contribution in [-0.2, 0) is 0 Å². The van der Waals surface area contributed by atoms with Crippen molar-refractivity contribution in [2.75, 3.05) is 0 Å². The molecule has 4 rings (SSSR count). The summed E-state index contributed by atoms with van der Waals surface area (Å²) in [6, 6.07) is 6.09. The molecule has 1 heterocycles. The molecule has 10 heteroatoms. The van der Waals surface area contributed by atoms with Gasteiger partial charge < -0.3 is 50.7 Å². The van der Waals surface area contributed by atoms with Crippen LogP contribution in [0, 0.1) is 0 Å². The first-order valence-corrected chi connectivity index (χ1v) is 8.98. The second kappa shape index (κ2) is 6.96. The van der Waals surface area contributed by atoms with Crippen molar-refractivity contribution in [3.05, 3.63) is 53.1 Å². The van der Waals surface area contributed by atoms with E-state index in [1.807, 2.05) is 0 Å². The monoisotopic (exact) mass is 430 g/mol. The fourth-order valence-electron chi connectivity index (χ4n) is 3.86. The number of aliphatic hydroxyl groups is 1. The zero-order chi connectivity index (χ0) is 22.6. The third-order valence-corrected chi connectivity index (χ3v) is 5.18. The van der Waals surface area contributed by atoms with Gasteiger partial charge in [0.2, 0.25) is 0 Å². The van der Waals surface area contributed by atoms with E-state index in [4.69, 9.17) is 4.74 Å². The largest absolute Gasteiger partial charge is 0.508 e. The summed E-state index contributed by atoms with van der Waals surface area (Å²) < 4.78 is 5.68. The van der Waals surface area contributed by atoms with Gasteiger partial charge in [-0.2, -0.15) is 0 Å². The second-order valence-electron chi connectivity index (χ2n) is 7.19. The molecule has 0 radical (unpaired) electrons. The van der Waals surface area contributed by atoms with Crippen molar-refractivity contribution in [1.29, 1.82) is 0 Å². The number of hydrogen-bond acceptors (Lipinski definition) is 10. The van der Waals surface area contributed by atoms with Gasteiger partial charge in [-0.15, -0.1) is 0 Å². The lowest BCUT2D eigenvalue weighted by Gasteiger charge is -2.38. The molecule has 0 aliphatic carbocycles. The molecular formula is C21H18O10. The van der Waals surface area contributed by atoms with Gasteiger partial charge >= 0.3 is 0 Å². The van der Waals surface area contributed by atoms with E-state index in [1.165, 1.54) is 0 Å². The molecule has 0 saturated heterocycles. The number of phenols is 8. The van der Waals surface area contributed by atoms with E-state index in [0.717, 1.165) is 36.4 Å². The summed E-state index contributed by atoms with van der Waals surface area (Å²) >= 11 is 0. The first-order valence-electron chi connectivity index (χ1n) is 8.98. The summed E-state index contributed by atoms with van der Waals surface area (Å²) in [5, 5.41) is 91.0. The lowest BCUT2D eigenvalue weighted by atomic mass is 9.79. The summed E-state index contributed by atoms with van der Waals surface area (Å²) in [6.07, 6.45) is -3.08. The summed E-state index contributed by atoms with van der Waals surface area (Å²) in [7, 11) is 0. The van der Waals surface area contributed by atoms with Gasteiger partial charge in [0.25, 0.3) is 0 Å². The van der Waals surface area contributed by atoms with E-state index in [-0.39, 0.29) is 28.2 Å². The van der Waals surface area contributed by atoms with E-state index in [1.54, 1.807) is 0 Å². The second-order valence-corrected chi connectivity index (χ2v) is 7.19. The third-order valence-electron chi connectivity index (χ3n) is 5.18. The molecule has 3 aromatic carbocycles. The quantitative estimate of drug-likeness (QED) is 0.272. The highest BCUT2D eigenvalue weighted by Crippen LogP contribution is 2.54. The Morgan fingerprint density at radius 3 is 1.61 bits per heavy atom. The van der Waals surface area contributed by atoms with Crippen molar-refractivity contribution in [3.8, 4) is 51.7 Å². The fraction of sp³-hybridized carbons (Fsp3) is 0.143. The maximum Gasteiger partial charge on any atom is 0.200 e. The van der Waals surface area contributed by atoms with Crippen LogP contribution in [0.3, 0.4) is 0 Å². The number of rotatable bonds is 2. The normalized spacial score (nSPS) is 20.1. The molecule has 3 aromatic rings. The molecule has 1 aliphatic heterocycles. The maximum atomic E-state index is 11.1. The molecule has 162 valence electrons. The molecule has 1 aliphatic rings. The highest BCUT2D eigenvalue weighted by molar-refractivity contribution is 5.61. The molecule has 0 bridgehead atoms. The van der Waals surface area contributed by atoms with Gasteiger partial charge in [-0.3, -0.25) is 0 Å². The molecule has 0 unspecified atom stereocenters. The first kappa shape index (κ1) is 20.1. The lowest BCUT2D eigenvalue weighted by Crippen LogP contribution is -2.35. The Labute approximate surface area is 174 Å². The van der Waals surface area contributed by atoms with Crippen molar-refractivity contribution in [1.82, 2.24) is 0 Å². The summed E-state index contributed by atoms with van der Waals surface area (Å²) in [4.78, 5) is 0. The number of benzene rings is 3. The van der Waals surface area contributed by atoms with Crippen LogP contribution in [-0.4, -0.2) is 52.1 Å². The van der Waals surface area contributed by atoms with Crippen LogP contribution in [0.15, 0.2) is 36.4 Å². The number of aromatic hydroxyl groups is 8. The molecular weight excluding hydrogens is 412 g/mol. The Balaban J connectivity index is 1.96. The Hall–Kier alpha value is -4.18. The zero-order valence-corrected chi connectivity index (χ0v) is 15.6. The molecule has 0 saturated carbocycles. The maximum absolute atomic E-state index is 11.1. The van der Waals surface area contributed by atoms with E-state index in [0.29, 0.717) is 0 Å². The standard InChI is InChI=1S/C21H18O10/c22-8-3-10(24)17(11(25)4-8)21-20(30)16(7-1-13(27)19(29)14(28)2-7)18-12(26)5-9(23)6-15(18)31-21/h1-6,16,20-30H/t16-,20+,21+/m0/s1. The molecule has 10 nitrogen and oxygen atoms in total. The summed E-state index contributed by atoms with van der Waals surface area (Å²) in [5.74, 6) is -5.97. The Morgan fingerprint density at radius 1 is 0.581 bits per heavy atom. The molecule has 0 aromatic heterocycles. The zero-order valence-electron chi connectivity index (χ0n) is 15.6. The smallest absolute Gasteiger partial charge is 0.200 e. The SMILES string of the molecule is Oc1cc(O)c([C@H]2Oc3cc(O)cc(O)c3[C@H](c3cc(O)c(O)c(O)c3)[C@H]2O)c(O)c1. The van der Waals surface area contributed by atoms with Gasteiger partial charge in [-0.05, 0) is 17.7 Å². The van der Waals surface area contributed by atoms with Crippen LogP contribution in [0.25, 0.3) is 0 Å². The van der Waals surface area contributed by atoms with Crippen LogP contribution < -0.4 is 4.74 Å². The molecule has 9 N–H and O–H groups in total. The number of phenolic OH excluding ortho intramolecular Hbond substituents is 8. The lowest BCUT2D eigenvalue weighted by molar-refractivity contribution is 0.00497. The average Bonchev–Trinajstić information content (AvgIpc) is 2.65. The third kappa shape index (κ3) is 3.19. The topological polar surface area (TPSA) is 191 Å². The number of ether oxygens (including phenoxy) is 1. The van der Waals surface area contributed by atoms with Crippen molar-refractivity contribution in [2.24, 2.45) is 0 Å². The van der Waals surface area contributed by atoms with E-state index >= 15 is 0 Å². The number of fused-ring (bicyclic) bond motifs is 1. The molecule has 0 amide bonds. The van der Waals surface area contributed by atoms with Gasteiger partial charge in [0, 0.05) is 35.7 Å². The highest BCUT2D eigenvalue weighted by Gasteiger charge is 2.43. The fourth-order valence-corrected chi connectivity index (χ4v) is 3.86. The summed E-state index contributed by atoms with van der Waals surface area (Å²) in [5.41, 5.74) is -0.242. The van der Waals surface area contributed by atoms with Crippen LogP contribution in [0.2, 0.25) is 0 Å². The van der Waals surface area contributed by atoms with Crippen LogP contribution >= 0.6 is 0 Å². The summed E-state index contributed by atoms with van der Waals surface area (Å²) in [6.45, 7) is 0. The average molecular weight is 430 g/mol. The van der Waals surface area contributed by atoms with Crippen molar-refractivity contribution >= 4 is 0 Å². The van der Waals surface area contributed by atoms with Gasteiger partial charge in [-0.1, -0.05) is 0 Å².